The van der Waals surface area contributed by atoms with Gasteiger partial charge in [0.05, 0.1) is 33.2 Å². The summed E-state index contributed by atoms with van der Waals surface area (Å²) in [6.45, 7) is 6.42. The number of rotatable bonds is 6. The van der Waals surface area contributed by atoms with Crippen LogP contribution in [0, 0.1) is 6.92 Å². The van der Waals surface area contributed by atoms with Gasteiger partial charge in [0.15, 0.2) is 0 Å². The summed E-state index contributed by atoms with van der Waals surface area (Å²) < 4.78 is 1.62. The van der Waals surface area contributed by atoms with Crippen molar-refractivity contribution in [2.45, 2.75) is 33.2 Å². The minimum atomic E-state index is -0.465. The fourth-order valence-electron chi connectivity index (χ4n) is 4.01. The van der Waals surface area contributed by atoms with Gasteiger partial charge >= 0.3 is 0 Å². The fourth-order valence-corrected chi connectivity index (χ4v) is 4.23. The van der Waals surface area contributed by atoms with Gasteiger partial charge in [0.2, 0.25) is 0 Å². The second-order valence-corrected chi connectivity index (χ2v) is 8.52. The Morgan fingerprint density at radius 1 is 1.03 bits per heavy atom. The standard InChI is InChI=1S/C27H26ClN3O2/c1-4-17-30(26(32)21-9-5-7-11-23(21)28)19(3)25-29-24-12-8-6-10-22(24)27(33)31(25)20-15-13-18(2)14-16-20/h5-16,19H,4,17H2,1-3H3. The van der Waals surface area contributed by atoms with Crippen molar-refractivity contribution in [2.24, 2.45) is 0 Å². The van der Waals surface area contributed by atoms with E-state index < -0.39 is 6.04 Å². The lowest BCUT2D eigenvalue weighted by atomic mass is 10.1. The summed E-state index contributed by atoms with van der Waals surface area (Å²) in [6, 6.07) is 21.6. The molecule has 0 N–H and O–H groups in total. The molecule has 0 aliphatic carbocycles. The summed E-state index contributed by atoms with van der Waals surface area (Å²) in [5.41, 5.74) is 2.69. The number of carbonyl (C=O) groups is 1. The van der Waals surface area contributed by atoms with Crippen molar-refractivity contribution in [2.75, 3.05) is 6.54 Å². The minimum Gasteiger partial charge on any atom is -0.329 e. The summed E-state index contributed by atoms with van der Waals surface area (Å²) in [6.07, 6.45) is 0.753. The fraction of sp³-hybridized carbons (Fsp3) is 0.222. The molecule has 1 amide bonds. The van der Waals surface area contributed by atoms with Crippen LogP contribution in [0.1, 0.15) is 48.1 Å². The van der Waals surface area contributed by atoms with Crippen molar-refractivity contribution in [3.05, 3.63) is 105 Å². The van der Waals surface area contributed by atoms with Crippen molar-refractivity contribution in [3.8, 4) is 5.69 Å². The first-order chi connectivity index (χ1) is 15.9. The molecule has 4 aromatic rings. The van der Waals surface area contributed by atoms with Gasteiger partial charge in [0, 0.05) is 6.54 Å². The second-order valence-electron chi connectivity index (χ2n) is 8.12. The zero-order valence-corrected chi connectivity index (χ0v) is 19.7. The number of carbonyl (C=O) groups excluding carboxylic acids is 1. The van der Waals surface area contributed by atoms with Crippen LogP contribution in [0.3, 0.4) is 0 Å². The molecule has 0 aliphatic rings. The van der Waals surface area contributed by atoms with E-state index in [1.807, 2.05) is 63.2 Å². The average Bonchev–Trinajstić information content (AvgIpc) is 2.83. The quantitative estimate of drug-likeness (QED) is 0.357. The Labute approximate surface area is 198 Å². The lowest BCUT2D eigenvalue weighted by Crippen LogP contribution is -2.38. The highest BCUT2D eigenvalue weighted by atomic mass is 35.5. The Bertz CT molecular complexity index is 1360. The lowest BCUT2D eigenvalue weighted by Gasteiger charge is -2.30. The molecule has 0 saturated carbocycles. The van der Waals surface area contributed by atoms with Crippen molar-refractivity contribution < 1.29 is 4.79 Å². The van der Waals surface area contributed by atoms with Gasteiger partial charge in [-0.15, -0.1) is 0 Å². The van der Waals surface area contributed by atoms with Crippen LogP contribution in [0.4, 0.5) is 0 Å². The third kappa shape index (κ3) is 4.41. The molecule has 0 saturated heterocycles. The average molecular weight is 460 g/mol. The third-order valence-electron chi connectivity index (χ3n) is 5.76. The van der Waals surface area contributed by atoms with Crippen LogP contribution in [-0.2, 0) is 0 Å². The van der Waals surface area contributed by atoms with Crippen LogP contribution < -0.4 is 5.56 Å². The number of halogens is 1. The Morgan fingerprint density at radius 3 is 2.39 bits per heavy atom. The zero-order chi connectivity index (χ0) is 23.5. The van der Waals surface area contributed by atoms with Gasteiger partial charge in [-0.1, -0.05) is 60.5 Å². The maximum atomic E-state index is 13.6. The monoisotopic (exact) mass is 459 g/mol. The molecule has 1 heterocycles. The van der Waals surface area contributed by atoms with Gasteiger partial charge < -0.3 is 4.90 Å². The largest absolute Gasteiger partial charge is 0.329 e. The first-order valence-electron chi connectivity index (χ1n) is 11.1. The molecule has 0 fully saturated rings. The summed E-state index contributed by atoms with van der Waals surface area (Å²) in [5, 5.41) is 0.937. The molecule has 168 valence electrons. The second kappa shape index (κ2) is 9.59. The van der Waals surface area contributed by atoms with Crippen LogP contribution in [0.2, 0.25) is 5.02 Å². The van der Waals surface area contributed by atoms with E-state index >= 15 is 0 Å². The molecule has 33 heavy (non-hydrogen) atoms. The Balaban J connectivity index is 1.92. The normalized spacial score (nSPS) is 12.0. The van der Waals surface area contributed by atoms with E-state index in [2.05, 4.69) is 0 Å². The number of amides is 1. The molecular weight excluding hydrogens is 434 g/mol. The first-order valence-corrected chi connectivity index (χ1v) is 11.4. The topological polar surface area (TPSA) is 55.2 Å². The third-order valence-corrected chi connectivity index (χ3v) is 6.09. The van der Waals surface area contributed by atoms with Crippen LogP contribution in [-0.4, -0.2) is 26.9 Å². The molecule has 0 spiro atoms. The molecule has 0 radical (unpaired) electrons. The Hall–Kier alpha value is -3.44. The van der Waals surface area contributed by atoms with E-state index in [0.29, 0.717) is 39.5 Å². The van der Waals surface area contributed by atoms with Crippen LogP contribution >= 0.6 is 11.6 Å². The summed E-state index contributed by atoms with van der Waals surface area (Å²) in [4.78, 5) is 33.8. The number of hydrogen-bond donors (Lipinski definition) is 0. The van der Waals surface area contributed by atoms with E-state index in [-0.39, 0.29) is 11.5 Å². The number of aryl methyl sites for hydroxylation is 1. The van der Waals surface area contributed by atoms with Crippen molar-refractivity contribution >= 4 is 28.4 Å². The molecule has 4 rings (SSSR count). The molecule has 3 aromatic carbocycles. The van der Waals surface area contributed by atoms with Crippen LogP contribution in [0.5, 0.6) is 0 Å². The molecule has 6 heteroatoms. The van der Waals surface area contributed by atoms with Crippen molar-refractivity contribution in [1.82, 2.24) is 14.5 Å². The predicted octanol–water partition coefficient (Wildman–Crippen LogP) is 5.96. The highest BCUT2D eigenvalue weighted by Crippen LogP contribution is 2.26. The van der Waals surface area contributed by atoms with E-state index in [0.717, 1.165) is 12.0 Å². The smallest absolute Gasteiger partial charge is 0.266 e. The van der Waals surface area contributed by atoms with Crippen LogP contribution in [0.15, 0.2) is 77.6 Å². The van der Waals surface area contributed by atoms with E-state index in [1.165, 1.54) is 0 Å². The molecule has 0 aliphatic heterocycles. The van der Waals surface area contributed by atoms with Crippen molar-refractivity contribution in [3.63, 3.8) is 0 Å². The maximum Gasteiger partial charge on any atom is 0.266 e. The molecular formula is C27H26ClN3O2. The molecule has 1 atom stereocenters. The van der Waals surface area contributed by atoms with Crippen LogP contribution in [0.25, 0.3) is 16.6 Å². The number of benzene rings is 3. The summed E-state index contributed by atoms with van der Waals surface area (Å²) in [5.74, 6) is 0.323. The molecule has 1 aromatic heterocycles. The predicted molar refractivity (Wildman–Crippen MR) is 133 cm³/mol. The van der Waals surface area contributed by atoms with E-state index in [4.69, 9.17) is 16.6 Å². The zero-order valence-electron chi connectivity index (χ0n) is 19.0. The first kappa shape index (κ1) is 22.7. The van der Waals surface area contributed by atoms with Gasteiger partial charge in [0.25, 0.3) is 11.5 Å². The SMILES string of the molecule is CCCN(C(=O)c1ccccc1Cl)C(C)c1nc2ccccc2c(=O)n1-c1ccc(C)cc1. The van der Waals surface area contributed by atoms with Gasteiger partial charge in [-0.25, -0.2) is 4.98 Å². The lowest BCUT2D eigenvalue weighted by molar-refractivity contribution is 0.0681. The summed E-state index contributed by atoms with van der Waals surface area (Å²) >= 11 is 6.34. The number of fused-ring (bicyclic) bond motifs is 1. The summed E-state index contributed by atoms with van der Waals surface area (Å²) in [7, 11) is 0. The minimum absolute atomic E-state index is 0.159. The number of nitrogens with zero attached hydrogens (tertiary/aromatic N) is 3. The number of hydrogen-bond acceptors (Lipinski definition) is 3. The molecule has 0 bridgehead atoms. The van der Waals surface area contributed by atoms with Gasteiger partial charge in [-0.05, 0) is 56.7 Å². The van der Waals surface area contributed by atoms with E-state index in [1.54, 1.807) is 39.8 Å². The highest BCUT2D eigenvalue weighted by molar-refractivity contribution is 6.33. The molecule has 5 nitrogen and oxygen atoms in total. The number of para-hydroxylation sites is 1. The Kier molecular flexibility index (Phi) is 6.61. The number of aromatic nitrogens is 2. The van der Waals surface area contributed by atoms with E-state index in [9.17, 15) is 9.59 Å². The highest BCUT2D eigenvalue weighted by Gasteiger charge is 2.28. The maximum absolute atomic E-state index is 13.6. The molecule has 1 unspecified atom stereocenters. The van der Waals surface area contributed by atoms with Crippen molar-refractivity contribution in [1.29, 1.82) is 0 Å². The van der Waals surface area contributed by atoms with Gasteiger partial charge in [-0.2, -0.15) is 0 Å². The Morgan fingerprint density at radius 2 is 1.70 bits per heavy atom. The van der Waals surface area contributed by atoms with Gasteiger partial charge in [0.1, 0.15) is 5.82 Å². The van der Waals surface area contributed by atoms with Gasteiger partial charge in [-0.3, -0.25) is 14.2 Å².